The lowest BCUT2D eigenvalue weighted by Gasteiger charge is -2.30. The van der Waals surface area contributed by atoms with E-state index in [0.717, 1.165) is 25.3 Å². The first-order valence-electron chi connectivity index (χ1n) is 8.80. The van der Waals surface area contributed by atoms with Crippen LogP contribution in [0.25, 0.3) is 6.08 Å². The van der Waals surface area contributed by atoms with Gasteiger partial charge in [0.25, 0.3) is 11.6 Å². The van der Waals surface area contributed by atoms with Gasteiger partial charge in [-0.15, -0.1) is 0 Å². The van der Waals surface area contributed by atoms with Crippen molar-refractivity contribution in [3.8, 4) is 0 Å². The highest BCUT2D eigenvalue weighted by atomic mass is 16.6. The number of esters is 1. The Bertz CT molecular complexity index is 701. The third kappa shape index (κ3) is 5.68. The zero-order valence-corrected chi connectivity index (χ0v) is 15.0. The number of nitrogens with one attached hydrogen (secondary N) is 1. The van der Waals surface area contributed by atoms with E-state index in [1.165, 1.54) is 37.6 Å². The fourth-order valence-electron chi connectivity index (χ4n) is 3.00. The second-order valence-electron chi connectivity index (χ2n) is 6.64. The molecule has 7 heteroatoms. The first-order chi connectivity index (χ1) is 12.4. The molecular formula is C19H24N2O5. The lowest BCUT2D eigenvalue weighted by atomic mass is 9.86. The van der Waals surface area contributed by atoms with Crippen molar-refractivity contribution < 1.29 is 19.2 Å². The summed E-state index contributed by atoms with van der Waals surface area (Å²) in [7, 11) is 0. The smallest absolute Gasteiger partial charge is 0.331 e. The van der Waals surface area contributed by atoms with Gasteiger partial charge in [0.2, 0.25) is 0 Å². The molecule has 26 heavy (non-hydrogen) atoms. The van der Waals surface area contributed by atoms with Crippen LogP contribution in [-0.4, -0.2) is 28.9 Å². The van der Waals surface area contributed by atoms with Gasteiger partial charge in [-0.3, -0.25) is 14.9 Å². The van der Waals surface area contributed by atoms with Gasteiger partial charge in [0.1, 0.15) is 0 Å². The predicted octanol–water partition coefficient (Wildman–Crippen LogP) is 3.23. The zero-order chi connectivity index (χ0) is 19.1. The van der Waals surface area contributed by atoms with Crippen LogP contribution >= 0.6 is 0 Å². The number of nitro benzene ring substituents is 1. The zero-order valence-electron chi connectivity index (χ0n) is 15.0. The third-order valence-corrected chi connectivity index (χ3v) is 4.59. The molecular weight excluding hydrogens is 336 g/mol. The number of carbonyl (C=O) groups excluding carboxylic acids is 2. The van der Waals surface area contributed by atoms with Gasteiger partial charge in [-0.05, 0) is 37.3 Å². The molecule has 0 radical (unpaired) electrons. The van der Waals surface area contributed by atoms with Crippen LogP contribution in [0.3, 0.4) is 0 Å². The minimum Gasteiger partial charge on any atom is -0.449 e. The maximum absolute atomic E-state index is 12.2. The van der Waals surface area contributed by atoms with Gasteiger partial charge in [0.15, 0.2) is 6.10 Å². The number of ether oxygens (including phenoxy) is 1. The van der Waals surface area contributed by atoms with Gasteiger partial charge in [-0.1, -0.05) is 31.9 Å². The highest BCUT2D eigenvalue weighted by Gasteiger charge is 2.25. The molecule has 0 saturated heterocycles. The van der Waals surface area contributed by atoms with Crippen molar-refractivity contribution in [2.24, 2.45) is 5.92 Å². The first-order valence-corrected chi connectivity index (χ1v) is 8.80. The van der Waals surface area contributed by atoms with Crippen LogP contribution in [-0.2, 0) is 14.3 Å². The molecule has 140 valence electrons. The summed E-state index contributed by atoms with van der Waals surface area (Å²) in [6, 6.07) is 6.01. The summed E-state index contributed by atoms with van der Waals surface area (Å²) >= 11 is 0. The second-order valence-corrected chi connectivity index (χ2v) is 6.64. The number of non-ortho nitro benzene ring substituents is 1. The molecule has 0 heterocycles. The minimum absolute atomic E-state index is 0.0603. The van der Waals surface area contributed by atoms with Gasteiger partial charge in [0, 0.05) is 24.3 Å². The Labute approximate surface area is 152 Å². The van der Waals surface area contributed by atoms with Crippen LogP contribution in [0.15, 0.2) is 30.3 Å². The van der Waals surface area contributed by atoms with Crippen LogP contribution in [0.4, 0.5) is 5.69 Å². The Kier molecular flexibility index (Phi) is 6.89. The normalized spacial score (nSPS) is 21.2. The van der Waals surface area contributed by atoms with E-state index >= 15 is 0 Å². The molecule has 1 aliphatic carbocycles. The van der Waals surface area contributed by atoms with Crippen LogP contribution in [0.2, 0.25) is 0 Å². The Hall–Kier alpha value is -2.70. The number of rotatable bonds is 6. The van der Waals surface area contributed by atoms with Crippen molar-refractivity contribution in [2.75, 3.05) is 0 Å². The maximum Gasteiger partial charge on any atom is 0.331 e. The topological polar surface area (TPSA) is 98.5 Å². The van der Waals surface area contributed by atoms with Crippen LogP contribution < -0.4 is 5.32 Å². The van der Waals surface area contributed by atoms with E-state index in [0.29, 0.717) is 11.5 Å². The van der Waals surface area contributed by atoms with Gasteiger partial charge >= 0.3 is 5.97 Å². The van der Waals surface area contributed by atoms with Gasteiger partial charge in [-0.2, -0.15) is 0 Å². The molecule has 0 aromatic heterocycles. The standard InChI is InChI=1S/C19H24N2O5/c1-13-6-3-4-9-17(13)20-19(23)14(2)26-18(22)11-10-15-7-5-8-16(12-15)21(24)25/h5,7-8,10-14,17H,3-4,6,9H2,1-2H3,(H,20,23)/b11-10+/t13-,14+,17-/m0/s1. The summed E-state index contributed by atoms with van der Waals surface area (Å²) in [4.78, 5) is 34.3. The Morgan fingerprint density at radius 1 is 1.35 bits per heavy atom. The number of benzene rings is 1. The average Bonchev–Trinajstić information content (AvgIpc) is 2.62. The number of hydrogen-bond acceptors (Lipinski definition) is 5. The summed E-state index contributed by atoms with van der Waals surface area (Å²) in [5, 5.41) is 13.7. The van der Waals surface area contributed by atoms with E-state index in [1.807, 2.05) is 0 Å². The minimum atomic E-state index is -0.897. The van der Waals surface area contributed by atoms with Crippen molar-refractivity contribution >= 4 is 23.6 Å². The van der Waals surface area contributed by atoms with E-state index in [2.05, 4.69) is 12.2 Å². The molecule has 1 aliphatic rings. The van der Waals surface area contributed by atoms with E-state index in [4.69, 9.17) is 4.74 Å². The Balaban J connectivity index is 1.87. The maximum atomic E-state index is 12.2. The average molecular weight is 360 g/mol. The van der Waals surface area contributed by atoms with Crippen molar-refractivity contribution in [3.05, 3.63) is 46.0 Å². The second kappa shape index (κ2) is 9.12. The van der Waals surface area contributed by atoms with Crippen molar-refractivity contribution in [3.63, 3.8) is 0 Å². The predicted molar refractivity (Wildman–Crippen MR) is 97.2 cm³/mol. The van der Waals surface area contributed by atoms with Crippen LogP contribution in [0.5, 0.6) is 0 Å². The molecule has 1 aromatic rings. The highest BCUT2D eigenvalue weighted by Crippen LogP contribution is 2.23. The van der Waals surface area contributed by atoms with Crippen molar-refractivity contribution in [1.82, 2.24) is 5.32 Å². The Morgan fingerprint density at radius 3 is 2.77 bits per heavy atom. The monoisotopic (exact) mass is 360 g/mol. The SMILES string of the molecule is C[C@@H](OC(=O)/C=C/c1cccc([N+](=O)[O-])c1)C(=O)N[C@H]1CCCC[C@@H]1C. The van der Waals surface area contributed by atoms with Crippen LogP contribution in [0.1, 0.15) is 45.1 Å². The number of nitro groups is 1. The van der Waals surface area contributed by atoms with Crippen molar-refractivity contribution in [2.45, 2.75) is 51.7 Å². The lowest BCUT2D eigenvalue weighted by molar-refractivity contribution is -0.384. The fourth-order valence-corrected chi connectivity index (χ4v) is 3.00. The van der Waals surface area contributed by atoms with Gasteiger partial charge in [0.05, 0.1) is 4.92 Å². The number of amides is 1. The van der Waals surface area contributed by atoms with E-state index < -0.39 is 17.0 Å². The molecule has 0 aliphatic heterocycles. The summed E-state index contributed by atoms with van der Waals surface area (Å²) in [5.74, 6) is -0.555. The Morgan fingerprint density at radius 2 is 2.08 bits per heavy atom. The third-order valence-electron chi connectivity index (χ3n) is 4.59. The molecule has 1 fully saturated rings. The molecule has 1 aromatic carbocycles. The van der Waals surface area contributed by atoms with E-state index in [1.54, 1.807) is 6.07 Å². The molecule has 0 bridgehead atoms. The molecule has 2 rings (SSSR count). The number of carbonyl (C=O) groups is 2. The molecule has 0 unspecified atom stereocenters. The number of nitrogens with zero attached hydrogens (tertiary/aromatic N) is 1. The molecule has 1 saturated carbocycles. The molecule has 7 nitrogen and oxygen atoms in total. The van der Waals surface area contributed by atoms with E-state index in [-0.39, 0.29) is 17.6 Å². The molecule has 3 atom stereocenters. The summed E-state index contributed by atoms with van der Waals surface area (Å²) in [5.41, 5.74) is 0.444. The quantitative estimate of drug-likeness (QED) is 0.363. The number of hydrogen-bond donors (Lipinski definition) is 1. The fraction of sp³-hybridized carbons (Fsp3) is 0.474. The molecule has 0 spiro atoms. The summed E-state index contributed by atoms with van der Waals surface area (Å²) < 4.78 is 5.12. The molecule has 1 N–H and O–H groups in total. The van der Waals surface area contributed by atoms with Crippen molar-refractivity contribution in [1.29, 1.82) is 0 Å². The summed E-state index contributed by atoms with van der Waals surface area (Å²) in [6.45, 7) is 3.64. The van der Waals surface area contributed by atoms with E-state index in [9.17, 15) is 19.7 Å². The largest absolute Gasteiger partial charge is 0.449 e. The summed E-state index contributed by atoms with van der Waals surface area (Å²) in [6.07, 6.45) is 5.99. The lowest BCUT2D eigenvalue weighted by Crippen LogP contribution is -2.45. The van der Waals surface area contributed by atoms with Gasteiger partial charge in [-0.25, -0.2) is 4.79 Å². The highest BCUT2D eigenvalue weighted by molar-refractivity contribution is 5.90. The van der Waals surface area contributed by atoms with Gasteiger partial charge < -0.3 is 10.1 Å². The first kappa shape index (κ1) is 19.6. The van der Waals surface area contributed by atoms with Crippen LogP contribution in [0, 0.1) is 16.0 Å². The molecule has 1 amide bonds.